The fraction of sp³-hybridized carbons (Fsp3) is 0.400. The molecule has 1 N–H and O–H groups in total. The molecular formula is C15H19Cl2N3. The molecule has 0 spiro atoms. The fourth-order valence-electron chi connectivity index (χ4n) is 2.13. The van der Waals surface area contributed by atoms with Crippen molar-refractivity contribution >= 4 is 28.9 Å². The summed E-state index contributed by atoms with van der Waals surface area (Å²) >= 11 is 12.2. The monoisotopic (exact) mass is 311 g/mol. The zero-order chi connectivity index (χ0) is 14.9. The molecular weight excluding hydrogens is 293 g/mol. The molecule has 0 aliphatic heterocycles. The molecule has 0 unspecified atom stereocenters. The van der Waals surface area contributed by atoms with Crippen LogP contribution in [-0.2, 0) is 19.0 Å². The summed E-state index contributed by atoms with van der Waals surface area (Å²) in [6, 6.07) is 5.57. The van der Waals surface area contributed by atoms with E-state index in [9.17, 15) is 0 Å². The molecule has 1 aromatic heterocycles. The molecule has 5 heteroatoms. The molecule has 0 amide bonds. The van der Waals surface area contributed by atoms with Crippen molar-refractivity contribution in [1.29, 1.82) is 0 Å². The van der Waals surface area contributed by atoms with Gasteiger partial charge in [-0.2, -0.15) is 5.10 Å². The zero-order valence-corrected chi connectivity index (χ0v) is 13.7. The predicted molar refractivity (Wildman–Crippen MR) is 85.7 cm³/mol. The van der Waals surface area contributed by atoms with Crippen LogP contribution in [-0.4, -0.2) is 9.78 Å². The molecule has 108 valence electrons. The predicted octanol–water partition coefficient (Wildman–Crippen LogP) is 4.64. The second kappa shape index (κ2) is 5.66. The van der Waals surface area contributed by atoms with E-state index in [2.05, 4.69) is 31.2 Å². The zero-order valence-electron chi connectivity index (χ0n) is 12.2. The molecule has 0 fully saturated rings. The van der Waals surface area contributed by atoms with Crippen molar-refractivity contribution in [3.05, 3.63) is 45.7 Å². The van der Waals surface area contributed by atoms with Crippen LogP contribution in [0.2, 0.25) is 10.0 Å². The quantitative estimate of drug-likeness (QED) is 0.895. The number of benzene rings is 1. The van der Waals surface area contributed by atoms with Crippen LogP contribution < -0.4 is 5.32 Å². The Balaban J connectivity index is 2.21. The number of hydrogen-bond acceptors (Lipinski definition) is 2. The van der Waals surface area contributed by atoms with E-state index in [-0.39, 0.29) is 5.41 Å². The van der Waals surface area contributed by atoms with Crippen molar-refractivity contribution in [3.63, 3.8) is 0 Å². The molecule has 3 nitrogen and oxygen atoms in total. The van der Waals surface area contributed by atoms with Crippen LogP contribution in [0.5, 0.6) is 0 Å². The number of nitrogens with one attached hydrogen (secondary N) is 1. The first-order valence-corrected chi connectivity index (χ1v) is 7.25. The van der Waals surface area contributed by atoms with Crippen LogP contribution in [0.3, 0.4) is 0 Å². The molecule has 0 radical (unpaired) electrons. The van der Waals surface area contributed by atoms with Crippen LogP contribution in [0.25, 0.3) is 0 Å². The SMILES string of the molecule is Cn1cc(CNc2cccc(Cl)c2Cl)c(C(C)(C)C)n1. The summed E-state index contributed by atoms with van der Waals surface area (Å²) in [7, 11) is 1.94. The number of nitrogens with zero attached hydrogens (tertiary/aromatic N) is 2. The third-order valence-electron chi connectivity index (χ3n) is 3.04. The van der Waals surface area contributed by atoms with Gasteiger partial charge in [0.05, 0.1) is 21.4 Å². The Labute approximate surface area is 129 Å². The Morgan fingerprint density at radius 2 is 1.95 bits per heavy atom. The first kappa shape index (κ1) is 15.2. The maximum Gasteiger partial charge on any atom is 0.0823 e. The Hall–Kier alpha value is -1.19. The van der Waals surface area contributed by atoms with Crippen LogP contribution in [0.1, 0.15) is 32.0 Å². The van der Waals surface area contributed by atoms with Crippen LogP contribution >= 0.6 is 23.2 Å². The maximum absolute atomic E-state index is 6.18. The van der Waals surface area contributed by atoms with Crippen LogP contribution in [0, 0.1) is 0 Å². The van der Waals surface area contributed by atoms with E-state index >= 15 is 0 Å². The number of halogens is 2. The van der Waals surface area contributed by atoms with Gasteiger partial charge < -0.3 is 5.32 Å². The summed E-state index contributed by atoms with van der Waals surface area (Å²) in [5, 5.41) is 8.98. The van der Waals surface area contributed by atoms with E-state index in [0.29, 0.717) is 16.6 Å². The minimum atomic E-state index is 0.0103. The van der Waals surface area contributed by atoms with E-state index in [1.807, 2.05) is 30.1 Å². The molecule has 1 aromatic carbocycles. The fourth-order valence-corrected chi connectivity index (χ4v) is 2.50. The van der Waals surface area contributed by atoms with Gasteiger partial charge in [-0.15, -0.1) is 0 Å². The highest BCUT2D eigenvalue weighted by molar-refractivity contribution is 6.43. The van der Waals surface area contributed by atoms with Gasteiger partial charge in [-0.1, -0.05) is 50.0 Å². The number of hydrogen-bond donors (Lipinski definition) is 1. The summed E-state index contributed by atoms with van der Waals surface area (Å²) < 4.78 is 1.84. The van der Waals surface area contributed by atoms with Crippen LogP contribution in [0.15, 0.2) is 24.4 Å². The largest absolute Gasteiger partial charge is 0.380 e. The van der Waals surface area contributed by atoms with Gasteiger partial charge >= 0.3 is 0 Å². The Morgan fingerprint density at radius 1 is 1.25 bits per heavy atom. The second-order valence-corrected chi connectivity index (χ2v) is 6.67. The lowest BCUT2D eigenvalue weighted by Gasteiger charge is -2.18. The first-order valence-electron chi connectivity index (χ1n) is 6.50. The minimum Gasteiger partial charge on any atom is -0.380 e. The van der Waals surface area contributed by atoms with Gasteiger partial charge in [-0.05, 0) is 12.1 Å². The van der Waals surface area contributed by atoms with E-state index in [1.54, 1.807) is 6.07 Å². The molecule has 0 saturated carbocycles. The number of aromatic nitrogens is 2. The van der Waals surface area contributed by atoms with E-state index in [1.165, 1.54) is 0 Å². The van der Waals surface area contributed by atoms with Gasteiger partial charge in [-0.25, -0.2) is 0 Å². The lowest BCUT2D eigenvalue weighted by Crippen LogP contribution is -2.16. The molecule has 0 aliphatic carbocycles. The number of anilines is 1. The van der Waals surface area contributed by atoms with Crippen molar-refractivity contribution in [2.24, 2.45) is 7.05 Å². The van der Waals surface area contributed by atoms with Gasteiger partial charge in [0.25, 0.3) is 0 Å². The number of aryl methyl sites for hydroxylation is 1. The highest BCUT2D eigenvalue weighted by atomic mass is 35.5. The average Bonchev–Trinajstić information content (AvgIpc) is 2.72. The summed E-state index contributed by atoms with van der Waals surface area (Å²) in [6.45, 7) is 7.14. The Bertz CT molecular complexity index is 612. The molecule has 2 aromatic rings. The van der Waals surface area contributed by atoms with Gasteiger partial charge in [0, 0.05) is 30.8 Å². The normalized spacial score (nSPS) is 11.7. The molecule has 0 saturated heterocycles. The Kier molecular flexibility index (Phi) is 4.31. The summed E-state index contributed by atoms with van der Waals surface area (Å²) in [6.07, 6.45) is 2.03. The summed E-state index contributed by atoms with van der Waals surface area (Å²) in [4.78, 5) is 0. The highest BCUT2D eigenvalue weighted by Crippen LogP contribution is 2.30. The van der Waals surface area contributed by atoms with E-state index < -0.39 is 0 Å². The van der Waals surface area contributed by atoms with Crippen molar-refractivity contribution in [3.8, 4) is 0 Å². The second-order valence-electron chi connectivity index (χ2n) is 5.88. The summed E-state index contributed by atoms with van der Waals surface area (Å²) in [5.74, 6) is 0. The topological polar surface area (TPSA) is 29.9 Å². The summed E-state index contributed by atoms with van der Waals surface area (Å²) in [5.41, 5.74) is 3.10. The van der Waals surface area contributed by atoms with Gasteiger partial charge in [-0.3, -0.25) is 4.68 Å². The van der Waals surface area contributed by atoms with E-state index in [4.69, 9.17) is 23.2 Å². The Morgan fingerprint density at radius 3 is 2.60 bits per heavy atom. The van der Waals surface area contributed by atoms with Gasteiger partial charge in [0.2, 0.25) is 0 Å². The standard InChI is InChI=1S/C15H19Cl2N3/c1-15(2,3)14-10(9-20(4)19-14)8-18-12-7-5-6-11(16)13(12)17/h5-7,9,18H,8H2,1-4H3. The molecule has 20 heavy (non-hydrogen) atoms. The highest BCUT2D eigenvalue weighted by Gasteiger charge is 2.21. The van der Waals surface area contributed by atoms with Gasteiger partial charge in [0.15, 0.2) is 0 Å². The van der Waals surface area contributed by atoms with Crippen molar-refractivity contribution in [2.75, 3.05) is 5.32 Å². The lowest BCUT2D eigenvalue weighted by atomic mass is 9.89. The van der Waals surface area contributed by atoms with Crippen LogP contribution in [0.4, 0.5) is 5.69 Å². The number of rotatable bonds is 3. The van der Waals surface area contributed by atoms with E-state index in [0.717, 1.165) is 16.9 Å². The molecule has 2 rings (SSSR count). The average molecular weight is 312 g/mol. The van der Waals surface area contributed by atoms with Crippen molar-refractivity contribution in [2.45, 2.75) is 32.7 Å². The third-order valence-corrected chi connectivity index (χ3v) is 3.85. The lowest BCUT2D eigenvalue weighted by molar-refractivity contribution is 0.549. The maximum atomic E-state index is 6.18. The smallest absolute Gasteiger partial charge is 0.0823 e. The first-order chi connectivity index (χ1) is 9.29. The van der Waals surface area contributed by atoms with Gasteiger partial charge in [0.1, 0.15) is 0 Å². The van der Waals surface area contributed by atoms with Crippen molar-refractivity contribution in [1.82, 2.24) is 9.78 Å². The molecule has 0 bridgehead atoms. The van der Waals surface area contributed by atoms with Crippen molar-refractivity contribution < 1.29 is 0 Å². The third kappa shape index (κ3) is 3.28. The molecule has 0 atom stereocenters. The minimum absolute atomic E-state index is 0.0103. The molecule has 0 aliphatic rings. The molecule has 1 heterocycles.